The van der Waals surface area contributed by atoms with Crippen LogP contribution >= 0.6 is 0 Å². The van der Waals surface area contributed by atoms with Gasteiger partial charge in [-0.3, -0.25) is 4.79 Å². The van der Waals surface area contributed by atoms with Crippen molar-refractivity contribution in [1.29, 1.82) is 0 Å². The molecule has 0 aromatic heterocycles. The first-order chi connectivity index (χ1) is 11.3. The van der Waals surface area contributed by atoms with Crippen molar-refractivity contribution in [2.45, 2.75) is 38.0 Å². The molecule has 0 saturated carbocycles. The number of likely N-dealkylation sites (tertiary alicyclic amines) is 1. The third-order valence-electron chi connectivity index (χ3n) is 4.62. The summed E-state index contributed by atoms with van der Waals surface area (Å²) >= 11 is 0. The van der Waals surface area contributed by atoms with Crippen LogP contribution in [0.3, 0.4) is 0 Å². The van der Waals surface area contributed by atoms with Gasteiger partial charge in [0.25, 0.3) is 0 Å². The molecule has 6 nitrogen and oxygen atoms in total. The van der Waals surface area contributed by atoms with Gasteiger partial charge in [0, 0.05) is 24.5 Å². The maximum absolute atomic E-state index is 12.6. The zero-order valence-electron chi connectivity index (χ0n) is 13.3. The molecule has 0 bridgehead atoms. The Morgan fingerprint density at radius 3 is 2.96 bits per heavy atom. The van der Waals surface area contributed by atoms with Crippen molar-refractivity contribution in [2.75, 3.05) is 26.2 Å². The molecule has 1 aliphatic heterocycles. The highest BCUT2D eigenvalue weighted by atomic mass is 16.5. The standard InChI is InChI=1S/C17H22N4O2/c18-20-19-7-4-10-23-14-6-5-13-11-16(15(13)12-14)17(22)21-8-2-1-3-9-21/h5-6,12,16H,1-4,7-11H2. The predicted octanol–water partition coefficient (Wildman–Crippen LogP) is 3.42. The van der Waals surface area contributed by atoms with Gasteiger partial charge in [-0.05, 0) is 60.9 Å². The molecule has 1 saturated heterocycles. The summed E-state index contributed by atoms with van der Waals surface area (Å²) in [6.07, 6.45) is 5.03. The minimum Gasteiger partial charge on any atom is -0.494 e. The molecular weight excluding hydrogens is 292 g/mol. The van der Waals surface area contributed by atoms with E-state index in [2.05, 4.69) is 16.1 Å². The number of ether oxygens (including phenoxy) is 1. The van der Waals surface area contributed by atoms with E-state index in [0.717, 1.165) is 43.7 Å². The summed E-state index contributed by atoms with van der Waals surface area (Å²) in [6.45, 7) is 2.76. The highest BCUT2D eigenvalue weighted by Gasteiger charge is 2.35. The average molecular weight is 314 g/mol. The van der Waals surface area contributed by atoms with E-state index in [0.29, 0.717) is 19.6 Å². The molecule has 1 heterocycles. The van der Waals surface area contributed by atoms with Gasteiger partial charge in [-0.2, -0.15) is 0 Å². The average Bonchev–Trinajstić information content (AvgIpc) is 2.57. The van der Waals surface area contributed by atoms with Crippen molar-refractivity contribution >= 4 is 5.91 Å². The van der Waals surface area contributed by atoms with Crippen molar-refractivity contribution in [3.63, 3.8) is 0 Å². The van der Waals surface area contributed by atoms with Crippen molar-refractivity contribution in [2.24, 2.45) is 5.11 Å². The van der Waals surface area contributed by atoms with Crippen molar-refractivity contribution in [3.8, 4) is 5.75 Å². The minimum atomic E-state index is 0.00911. The molecule has 23 heavy (non-hydrogen) atoms. The quantitative estimate of drug-likeness (QED) is 0.349. The Kier molecular flexibility index (Phi) is 5.03. The van der Waals surface area contributed by atoms with Crippen LogP contribution in [0.25, 0.3) is 10.4 Å². The molecule has 1 aromatic carbocycles. The van der Waals surface area contributed by atoms with Gasteiger partial charge in [0.15, 0.2) is 0 Å². The third kappa shape index (κ3) is 3.59. The maximum Gasteiger partial charge on any atom is 0.230 e. The molecular formula is C17H22N4O2. The number of carbonyl (C=O) groups excluding carboxylic acids is 1. The van der Waals surface area contributed by atoms with Crippen LogP contribution in [0.1, 0.15) is 42.7 Å². The lowest BCUT2D eigenvalue weighted by Gasteiger charge is -2.36. The van der Waals surface area contributed by atoms with Crippen LogP contribution in [-0.4, -0.2) is 37.0 Å². The number of fused-ring (bicyclic) bond motifs is 1. The first kappa shape index (κ1) is 15.7. The van der Waals surface area contributed by atoms with E-state index in [-0.39, 0.29) is 11.8 Å². The number of hydrogen-bond donors (Lipinski definition) is 0. The lowest BCUT2D eigenvalue weighted by molar-refractivity contribution is -0.134. The number of benzene rings is 1. The number of azide groups is 1. The zero-order chi connectivity index (χ0) is 16.1. The smallest absolute Gasteiger partial charge is 0.230 e. The van der Waals surface area contributed by atoms with Crippen LogP contribution in [0.5, 0.6) is 5.75 Å². The van der Waals surface area contributed by atoms with E-state index in [1.165, 1.54) is 12.0 Å². The van der Waals surface area contributed by atoms with Gasteiger partial charge in [-0.15, -0.1) is 0 Å². The molecule has 0 N–H and O–H groups in total. The molecule has 1 aromatic rings. The lowest BCUT2D eigenvalue weighted by atomic mass is 9.76. The van der Waals surface area contributed by atoms with E-state index in [9.17, 15) is 4.79 Å². The van der Waals surface area contributed by atoms with Crippen LogP contribution < -0.4 is 4.74 Å². The summed E-state index contributed by atoms with van der Waals surface area (Å²) in [4.78, 5) is 17.4. The van der Waals surface area contributed by atoms with E-state index in [1.807, 2.05) is 17.0 Å². The SMILES string of the molecule is [N-]=[N+]=NCCCOc1ccc2c(c1)C(C(=O)N1CCCCC1)C2. The monoisotopic (exact) mass is 314 g/mol. The molecule has 122 valence electrons. The second-order valence-corrected chi connectivity index (χ2v) is 6.16. The number of piperidine rings is 1. The van der Waals surface area contributed by atoms with Gasteiger partial charge in [0.2, 0.25) is 5.91 Å². The largest absolute Gasteiger partial charge is 0.494 e. The molecule has 1 amide bonds. The van der Waals surface area contributed by atoms with E-state index < -0.39 is 0 Å². The molecule has 1 unspecified atom stereocenters. The van der Waals surface area contributed by atoms with Crippen molar-refractivity contribution < 1.29 is 9.53 Å². The summed E-state index contributed by atoms with van der Waals surface area (Å²) in [7, 11) is 0. The number of amides is 1. The van der Waals surface area contributed by atoms with E-state index >= 15 is 0 Å². The summed E-state index contributed by atoms with van der Waals surface area (Å²) in [5.41, 5.74) is 10.6. The number of hydrogen-bond acceptors (Lipinski definition) is 3. The number of carbonyl (C=O) groups is 1. The Morgan fingerprint density at radius 1 is 1.35 bits per heavy atom. The first-order valence-corrected chi connectivity index (χ1v) is 8.35. The second-order valence-electron chi connectivity index (χ2n) is 6.16. The summed E-state index contributed by atoms with van der Waals surface area (Å²) in [6, 6.07) is 6.00. The molecule has 1 atom stereocenters. The molecule has 3 rings (SSSR count). The Bertz CT molecular complexity index is 619. The predicted molar refractivity (Wildman–Crippen MR) is 87.4 cm³/mol. The maximum atomic E-state index is 12.6. The molecule has 0 spiro atoms. The lowest BCUT2D eigenvalue weighted by Crippen LogP contribution is -2.42. The van der Waals surface area contributed by atoms with Crippen LogP contribution in [0.2, 0.25) is 0 Å². The normalized spacial score (nSPS) is 19.3. The minimum absolute atomic E-state index is 0.00911. The molecule has 6 heteroatoms. The number of rotatable bonds is 6. The molecule has 2 aliphatic rings. The van der Waals surface area contributed by atoms with E-state index in [1.54, 1.807) is 0 Å². The summed E-state index contributed by atoms with van der Waals surface area (Å²) < 4.78 is 5.69. The molecule has 1 aliphatic carbocycles. The fourth-order valence-corrected chi connectivity index (χ4v) is 3.30. The van der Waals surface area contributed by atoms with E-state index in [4.69, 9.17) is 10.3 Å². The van der Waals surface area contributed by atoms with Gasteiger partial charge >= 0.3 is 0 Å². The molecule has 1 fully saturated rings. The fraction of sp³-hybridized carbons (Fsp3) is 0.588. The van der Waals surface area contributed by atoms with Gasteiger partial charge < -0.3 is 9.64 Å². The highest BCUT2D eigenvalue weighted by Crippen LogP contribution is 2.39. The van der Waals surface area contributed by atoms with Gasteiger partial charge in [-0.1, -0.05) is 11.2 Å². The summed E-state index contributed by atoms with van der Waals surface area (Å²) in [5, 5.41) is 3.48. The van der Waals surface area contributed by atoms with Crippen LogP contribution in [-0.2, 0) is 11.2 Å². The van der Waals surface area contributed by atoms with Crippen LogP contribution in [0, 0.1) is 0 Å². The van der Waals surface area contributed by atoms with Gasteiger partial charge in [0.05, 0.1) is 12.5 Å². The summed E-state index contributed by atoms with van der Waals surface area (Å²) in [5.74, 6) is 1.08. The topological polar surface area (TPSA) is 78.3 Å². The van der Waals surface area contributed by atoms with Gasteiger partial charge in [-0.25, -0.2) is 0 Å². The Morgan fingerprint density at radius 2 is 2.17 bits per heavy atom. The second kappa shape index (κ2) is 7.38. The van der Waals surface area contributed by atoms with Crippen molar-refractivity contribution in [3.05, 3.63) is 39.8 Å². The first-order valence-electron chi connectivity index (χ1n) is 8.35. The number of nitrogens with zero attached hydrogens (tertiary/aromatic N) is 4. The van der Waals surface area contributed by atoms with Crippen LogP contribution in [0.4, 0.5) is 0 Å². The Hall–Kier alpha value is -2.20. The highest BCUT2D eigenvalue weighted by molar-refractivity contribution is 5.87. The Balaban J connectivity index is 1.58. The van der Waals surface area contributed by atoms with Crippen LogP contribution in [0.15, 0.2) is 23.3 Å². The van der Waals surface area contributed by atoms with Gasteiger partial charge in [0.1, 0.15) is 5.75 Å². The molecule has 0 radical (unpaired) electrons. The fourth-order valence-electron chi connectivity index (χ4n) is 3.30. The zero-order valence-corrected chi connectivity index (χ0v) is 13.3. The Labute approximate surface area is 136 Å². The van der Waals surface area contributed by atoms with Crippen molar-refractivity contribution in [1.82, 2.24) is 4.90 Å². The third-order valence-corrected chi connectivity index (χ3v) is 4.62.